The third-order valence-corrected chi connectivity index (χ3v) is 4.41. The molecule has 0 fully saturated rings. The summed E-state index contributed by atoms with van der Waals surface area (Å²) in [5.74, 6) is 0.0250. The average Bonchev–Trinajstić information content (AvgIpc) is 3.19. The molecule has 3 rings (SSSR count). The minimum absolute atomic E-state index is 0.0250. The molecule has 5 heteroatoms. The summed E-state index contributed by atoms with van der Waals surface area (Å²) in [5.41, 5.74) is 1.78. The molecular weight excluding hydrogens is 294 g/mol. The van der Waals surface area contributed by atoms with E-state index in [0.29, 0.717) is 18.7 Å². The summed E-state index contributed by atoms with van der Waals surface area (Å²) < 4.78 is 2.04. The molecule has 0 aliphatic rings. The molecule has 0 bridgehead atoms. The highest BCUT2D eigenvalue weighted by atomic mass is 32.1. The SMILES string of the molecule is Cn1cccc1CN(Cc1cccs1)C(=O)c1ccncc1. The molecule has 112 valence electrons. The van der Waals surface area contributed by atoms with E-state index < -0.39 is 0 Å². The van der Waals surface area contributed by atoms with E-state index in [4.69, 9.17) is 0 Å². The number of thiophene rings is 1. The number of rotatable bonds is 5. The molecule has 22 heavy (non-hydrogen) atoms. The van der Waals surface area contributed by atoms with Gasteiger partial charge < -0.3 is 9.47 Å². The van der Waals surface area contributed by atoms with Crippen molar-refractivity contribution < 1.29 is 4.79 Å². The first kappa shape index (κ1) is 14.5. The largest absolute Gasteiger partial charge is 0.353 e. The van der Waals surface area contributed by atoms with Crippen LogP contribution in [0.5, 0.6) is 0 Å². The normalized spacial score (nSPS) is 10.6. The van der Waals surface area contributed by atoms with Crippen LogP contribution >= 0.6 is 11.3 Å². The van der Waals surface area contributed by atoms with Crippen LogP contribution < -0.4 is 0 Å². The zero-order chi connectivity index (χ0) is 15.4. The summed E-state index contributed by atoms with van der Waals surface area (Å²) in [6, 6.07) is 11.6. The molecule has 0 saturated carbocycles. The molecule has 0 aliphatic heterocycles. The van der Waals surface area contributed by atoms with Gasteiger partial charge in [0.1, 0.15) is 0 Å². The Bertz CT molecular complexity index is 734. The summed E-state index contributed by atoms with van der Waals surface area (Å²) in [5, 5.41) is 2.03. The smallest absolute Gasteiger partial charge is 0.254 e. The number of carbonyl (C=O) groups excluding carboxylic acids is 1. The predicted octanol–water partition coefficient (Wildman–Crippen LogP) is 3.32. The lowest BCUT2D eigenvalue weighted by atomic mass is 10.2. The molecule has 0 spiro atoms. The highest BCUT2D eigenvalue weighted by Gasteiger charge is 2.18. The van der Waals surface area contributed by atoms with E-state index in [9.17, 15) is 4.79 Å². The zero-order valence-electron chi connectivity index (χ0n) is 12.3. The molecule has 0 radical (unpaired) electrons. The van der Waals surface area contributed by atoms with Crippen LogP contribution in [0, 0.1) is 0 Å². The zero-order valence-corrected chi connectivity index (χ0v) is 13.2. The first-order valence-electron chi connectivity index (χ1n) is 7.06. The van der Waals surface area contributed by atoms with Gasteiger partial charge in [0.25, 0.3) is 5.91 Å². The van der Waals surface area contributed by atoms with Gasteiger partial charge >= 0.3 is 0 Å². The third-order valence-electron chi connectivity index (χ3n) is 3.55. The Balaban J connectivity index is 1.85. The predicted molar refractivity (Wildman–Crippen MR) is 87.5 cm³/mol. The van der Waals surface area contributed by atoms with Crippen molar-refractivity contribution in [2.45, 2.75) is 13.1 Å². The summed E-state index contributed by atoms with van der Waals surface area (Å²) in [6.07, 6.45) is 5.30. The highest BCUT2D eigenvalue weighted by Crippen LogP contribution is 2.17. The van der Waals surface area contributed by atoms with Gasteiger partial charge in [-0.25, -0.2) is 0 Å². The molecule has 3 aromatic rings. The van der Waals surface area contributed by atoms with E-state index >= 15 is 0 Å². The molecular formula is C17H17N3OS. The van der Waals surface area contributed by atoms with Crippen molar-refractivity contribution in [2.75, 3.05) is 0 Å². The second kappa shape index (κ2) is 6.58. The Morgan fingerprint density at radius 2 is 2.00 bits per heavy atom. The van der Waals surface area contributed by atoms with E-state index in [1.807, 2.05) is 46.3 Å². The summed E-state index contributed by atoms with van der Waals surface area (Å²) in [4.78, 5) is 19.8. The van der Waals surface area contributed by atoms with Crippen molar-refractivity contribution in [1.82, 2.24) is 14.5 Å². The van der Waals surface area contributed by atoms with Gasteiger partial charge in [-0.05, 0) is 35.7 Å². The van der Waals surface area contributed by atoms with E-state index in [2.05, 4.69) is 11.1 Å². The monoisotopic (exact) mass is 311 g/mol. The van der Waals surface area contributed by atoms with E-state index in [0.717, 1.165) is 5.69 Å². The first-order chi connectivity index (χ1) is 10.7. The van der Waals surface area contributed by atoms with Crippen molar-refractivity contribution in [1.29, 1.82) is 0 Å². The number of pyridine rings is 1. The molecule has 0 saturated heterocycles. The van der Waals surface area contributed by atoms with Crippen LogP contribution in [-0.2, 0) is 20.1 Å². The Morgan fingerprint density at radius 1 is 1.18 bits per heavy atom. The standard InChI is InChI=1S/C17H17N3OS/c1-19-10-2-4-15(19)12-20(13-16-5-3-11-22-16)17(21)14-6-8-18-9-7-14/h2-11H,12-13H2,1H3. The van der Waals surface area contributed by atoms with Crippen LogP contribution in [0.25, 0.3) is 0 Å². The topological polar surface area (TPSA) is 38.1 Å². The lowest BCUT2D eigenvalue weighted by Crippen LogP contribution is -2.30. The molecule has 0 atom stereocenters. The van der Waals surface area contributed by atoms with Crippen LogP contribution in [0.2, 0.25) is 0 Å². The molecule has 0 unspecified atom stereocenters. The van der Waals surface area contributed by atoms with Crippen LogP contribution in [0.3, 0.4) is 0 Å². The van der Waals surface area contributed by atoms with Crippen molar-refractivity contribution in [3.05, 3.63) is 76.5 Å². The fraction of sp³-hybridized carbons (Fsp3) is 0.176. The average molecular weight is 311 g/mol. The molecule has 4 nitrogen and oxygen atoms in total. The summed E-state index contributed by atoms with van der Waals surface area (Å²) in [7, 11) is 2.00. The third kappa shape index (κ3) is 3.26. The van der Waals surface area contributed by atoms with Crippen molar-refractivity contribution in [3.8, 4) is 0 Å². The van der Waals surface area contributed by atoms with Gasteiger partial charge in [-0.15, -0.1) is 11.3 Å². The molecule has 0 aromatic carbocycles. The minimum Gasteiger partial charge on any atom is -0.353 e. The summed E-state index contributed by atoms with van der Waals surface area (Å²) >= 11 is 1.67. The van der Waals surface area contributed by atoms with Gasteiger partial charge in [-0.3, -0.25) is 9.78 Å². The quantitative estimate of drug-likeness (QED) is 0.725. The fourth-order valence-electron chi connectivity index (χ4n) is 2.32. The Hall–Kier alpha value is -2.40. The number of hydrogen-bond acceptors (Lipinski definition) is 3. The number of aryl methyl sites for hydroxylation is 1. The Labute approximate surface area is 133 Å². The van der Waals surface area contributed by atoms with Crippen LogP contribution in [0.15, 0.2) is 60.4 Å². The van der Waals surface area contributed by atoms with Gasteiger partial charge in [0.2, 0.25) is 0 Å². The Morgan fingerprint density at radius 3 is 2.64 bits per heavy atom. The van der Waals surface area contributed by atoms with E-state index in [1.54, 1.807) is 35.9 Å². The van der Waals surface area contributed by atoms with Gasteiger partial charge in [-0.1, -0.05) is 6.07 Å². The lowest BCUT2D eigenvalue weighted by molar-refractivity contribution is 0.0728. The van der Waals surface area contributed by atoms with Crippen molar-refractivity contribution in [3.63, 3.8) is 0 Å². The van der Waals surface area contributed by atoms with Gasteiger partial charge in [0, 0.05) is 41.8 Å². The molecule has 3 heterocycles. The lowest BCUT2D eigenvalue weighted by Gasteiger charge is -2.22. The number of aromatic nitrogens is 2. The number of carbonyl (C=O) groups is 1. The first-order valence-corrected chi connectivity index (χ1v) is 7.94. The van der Waals surface area contributed by atoms with Crippen molar-refractivity contribution in [2.24, 2.45) is 7.05 Å². The second-order valence-corrected chi connectivity index (χ2v) is 6.12. The van der Waals surface area contributed by atoms with E-state index in [1.165, 1.54) is 4.88 Å². The summed E-state index contributed by atoms with van der Waals surface area (Å²) in [6.45, 7) is 1.20. The maximum atomic E-state index is 12.8. The van der Waals surface area contributed by atoms with Crippen molar-refractivity contribution >= 4 is 17.2 Å². The Kier molecular flexibility index (Phi) is 4.34. The van der Waals surface area contributed by atoms with Crippen LogP contribution in [-0.4, -0.2) is 20.4 Å². The van der Waals surface area contributed by atoms with Gasteiger partial charge in [0.05, 0.1) is 13.1 Å². The molecule has 0 N–H and O–H groups in total. The number of amides is 1. The molecule has 0 aliphatic carbocycles. The molecule has 1 amide bonds. The number of nitrogens with zero attached hydrogens (tertiary/aromatic N) is 3. The van der Waals surface area contributed by atoms with E-state index in [-0.39, 0.29) is 5.91 Å². The number of hydrogen-bond donors (Lipinski definition) is 0. The molecule has 3 aromatic heterocycles. The van der Waals surface area contributed by atoms with Crippen LogP contribution in [0.4, 0.5) is 0 Å². The van der Waals surface area contributed by atoms with Gasteiger partial charge in [-0.2, -0.15) is 0 Å². The van der Waals surface area contributed by atoms with Crippen LogP contribution in [0.1, 0.15) is 20.9 Å². The highest BCUT2D eigenvalue weighted by molar-refractivity contribution is 7.09. The second-order valence-electron chi connectivity index (χ2n) is 5.09. The van der Waals surface area contributed by atoms with Gasteiger partial charge in [0.15, 0.2) is 0 Å². The minimum atomic E-state index is 0.0250. The maximum absolute atomic E-state index is 12.8. The maximum Gasteiger partial charge on any atom is 0.254 e. The fourth-order valence-corrected chi connectivity index (χ4v) is 3.04.